The molecule has 4 aromatic rings. The Morgan fingerprint density at radius 3 is 2.09 bits per heavy atom. The van der Waals surface area contributed by atoms with Crippen LogP contribution in [-0.4, -0.2) is 30.2 Å². The lowest BCUT2D eigenvalue weighted by Gasteiger charge is -2.23. The number of fused-ring (bicyclic) bond motifs is 1. The first-order chi connectivity index (χ1) is 15.6. The zero-order valence-electron chi connectivity index (χ0n) is 18.7. The number of rotatable bonds is 8. The second kappa shape index (κ2) is 9.66. The number of nitrogens with one attached hydrogen (secondary N) is 1. The van der Waals surface area contributed by atoms with Gasteiger partial charge in [-0.3, -0.25) is 0 Å². The van der Waals surface area contributed by atoms with E-state index in [4.69, 9.17) is 14.2 Å². The summed E-state index contributed by atoms with van der Waals surface area (Å²) in [6.07, 6.45) is 1.59. The Morgan fingerprint density at radius 2 is 1.44 bits per heavy atom. The highest BCUT2D eigenvalue weighted by atomic mass is 16.5. The highest BCUT2D eigenvalue weighted by Gasteiger charge is 2.21. The first-order valence-electron chi connectivity index (χ1n) is 10.5. The van der Waals surface area contributed by atoms with E-state index in [-0.39, 0.29) is 12.1 Å². The SMILES string of the molecule is COc1cc2ncnc([C@@H](NC(C)C)c3ccc(Oc4ccccc4)cc3)c2cc1OC. The van der Waals surface area contributed by atoms with Crippen LogP contribution in [0, 0.1) is 0 Å². The lowest BCUT2D eigenvalue weighted by molar-refractivity contribution is 0.355. The summed E-state index contributed by atoms with van der Waals surface area (Å²) in [6, 6.07) is 21.7. The average molecular weight is 430 g/mol. The van der Waals surface area contributed by atoms with Gasteiger partial charge in [-0.25, -0.2) is 9.97 Å². The largest absolute Gasteiger partial charge is 0.493 e. The van der Waals surface area contributed by atoms with Crippen LogP contribution in [0.1, 0.15) is 31.1 Å². The third-order valence-electron chi connectivity index (χ3n) is 5.14. The minimum absolute atomic E-state index is 0.135. The van der Waals surface area contributed by atoms with Crippen LogP contribution in [-0.2, 0) is 0 Å². The lowest BCUT2D eigenvalue weighted by Crippen LogP contribution is -2.29. The van der Waals surface area contributed by atoms with Crippen LogP contribution in [0.3, 0.4) is 0 Å². The summed E-state index contributed by atoms with van der Waals surface area (Å²) in [5, 5.41) is 4.55. The minimum Gasteiger partial charge on any atom is -0.493 e. The molecular weight excluding hydrogens is 402 g/mol. The third kappa shape index (κ3) is 4.65. The van der Waals surface area contributed by atoms with Gasteiger partial charge in [0.1, 0.15) is 17.8 Å². The number of hydrogen-bond acceptors (Lipinski definition) is 6. The molecule has 0 saturated carbocycles. The first kappa shape index (κ1) is 21.6. The van der Waals surface area contributed by atoms with Crippen molar-refractivity contribution in [2.24, 2.45) is 0 Å². The summed E-state index contributed by atoms with van der Waals surface area (Å²) < 4.78 is 16.9. The van der Waals surface area contributed by atoms with Crippen LogP contribution < -0.4 is 19.5 Å². The summed E-state index contributed by atoms with van der Waals surface area (Å²) in [7, 11) is 3.25. The van der Waals surface area contributed by atoms with Crippen molar-refractivity contribution >= 4 is 10.9 Å². The summed E-state index contributed by atoms with van der Waals surface area (Å²) >= 11 is 0. The molecule has 0 aliphatic rings. The van der Waals surface area contributed by atoms with Crippen molar-refractivity contribution in [2.45, 2.75) is 25.9 Å². The molecule has 0 fully saturated rings. The molecule has 0 saturated heterocycles. The van der Waals surface area contributed by atoms with Gasteiger partial charge >= 0.3 is 0 Å². The molecule has 0 aliphatic carbocycles. The van der Waals surface area contributed by atoms with E-state index in [1.54, 1.807) is 20.5 Å². The molecular formula is C26H27N3O3. The van der Waals surface area contributed by atoms with Crippen molar-refractivity contribution in [1.29, 1.82) is 0 Å². The molecule has 164 valence electrons. The number of benzene rings is 3. The van der Waals surface area contributed by atoms with Gasteiger partial charge in [-0.2, -0.15) is 0 Å². The second-order valence-electron chi connectivity index (χ2n) is 7.72. The molecule has 0 amide bonds. The van der Waals surface area contributed by atoms with E-state index >= 15 is 0 Å². The predicted octanol–water partition coefficient (Wildman–Crippen LogP) is 5.53. The van der Waals surface area contributed by atoms with E-state index in [0.29, 0.717) is 11.5 Å². The first-order valence-corrected chi connectivity index (χ1v) is 10.5. The third-order valence-corrected chi connectivity index (χ3v) is 5.14. The standard InChI is InChI=1S/C26H27N3O3/c1-17(2)29-25(18-10-12-20(13-11-18)32-19-8-6-5-7-9-19)26-21-14-23(30-3)24(31-4)15-22(21)27-16-28-26/h5-17,25,29H,1-4H3/t25-/m0/s1. The highest BCUT2D eigenvalue weighted by Crippen LogP contribution is 2.35. The van der Waals surface area contributed by atoms with E-state index in [1.807, 2.05) is 54.6 Å². The molecule has 1 N–H and O–H groups in total. The van der Waals surface area contributed by atoms with Crippen LogP contribution in [0.5, 0.6) is 23.0 Å². The predicted molar refractivity (Wildman–Crippen MR) is 126 cm³/mol. The van der Waals surface area contributed by atoms with Crippen molar-refractivity contribution in [3.8, 4) is 23.0 Å². The van der Waals surface area contributed by atoms with Crippen LogP contribution in [0.4, 0.5) is 0 Å². The van der Waals surface area contributed by atoms with Crippen molar-refractivity contribution in [3.05, 3.63) is 84.3 Å². The van der Waals surface area contributed by atoms with Gasteiger partial charge in [0.2, 0.25) is 0 Å². The van der Waals surface area contributed by atoms with Gasteiger partial charge in [-0.05, 0) is 49.7 Å². The molecule has 6 heteroatoms. The van der Waals surface area contributed by atoms with E-state index in [1.165, 1.54) is 0 Å². The van der Waals surface area contributed by atoms with E-state index < -0.39 is 0 Å². The van der Waals surface area contributed by atoms with E-state index in [9.17, 15) is 0 Å². The Balaban J connectivity index is 1.73. The number of methoxy groups -OCH3 is 2. The molecule has 1 heterocycles. The molecule has 4 rings (SSSR count). The molecule has 1 aromatic heterocycles. The lowest BCUT2D eigenvalue weighted by atomic mass is 9.98. The van der Waals surface area contributed by atoms with Crippen LogP contribution in [0.2, 0.25) is 0 Å². The van der Waals surface area contributed by atoms with Crippen molar-refractivity contribution in [1.82, 2.24) is 15.3 Å². The maximum atomic E-state index is 5.95. The van der Waals surface area contributed by atoms with Gasteiger partial charge in [0.25, 0.3) is 0 Å². The van der Waals surface area contributed by atoms with Crippen LogP contribution in [0.15, 0.2) is 73.1 Å². The summed E-state index contributed by atoms with van der Waals surface area (Å²) in [6.45, 7) is 4.24. The second-order valence-corrected chi connectivity index (χ2v) is 7.72. The zero-order valence-corrected chi connectivity index (χ0v) is 18.7. The van der Waals surface area contributed by atoms with Crippen molar-refractivity contribution in [3.63, 3.8) is 0 Å². The molecule has 32 heavy (non-hydrogen) atoms. The van der Waals surface area contributed by atoms with E-state index in [0.717, 1.165) is 33.7 Å². The molecule has 3 aromatic carbocycles. The summed E-state index contributed by atoms with van der Waals surface area (Å²) in [5.41, 5.74) is 2.75. The maximum Gasteiger partial charge on any atom is 0.162 e. The van der Waals surface area contributed by atoms with Gasteiger partial charge in [-0.1, -0.05) is 30.3 Å². The van der Waals surface area contributed by atoms with Gasteiger partial charge in [0.05, 0.1) is 31.5 Å². The molecule has 0 unspecified atom stereocenters. The Labute approximate surface area is 188 Å². The molecule has 6 nitrogen and oxygen atoms in total. The topological polar surface area (TPSA) is 65.5 Å². The van der Waals surface area contributed by atoms with Crippen molar-refractivity contribution < 1.29 is 14.2 Å². The van der Waals surface area contributed by atoms with Gasteiger partial charge in [-0.15, -0.1) is 0 Å². The Morgan fingerprint density at radius 1 is 0.781 bits per heavy atom. The number of aromatic nitrogens is 2. The quantitative estimate of drug-likeness (QED) is 0.397. The Kier molecular flexibility index (Phi) is 6.52. The van der Waals surface area contributed by atoms with Gasteiger partial charge in [0.15, 0.2) is 11.5 Å². The number of nitrogens with zero attached hydrogens (tertiary/aromatic N) is 2. The van der Waals surface area contributed by atoms with Crippen molar-refractivity contribution in [2.75, 3.05) is 14.2 Å². The number of hydrogen-bond donors (Lipinski definition) is 1. The molecule has 0 bridgehead atoms. The average Bonchev–Trinajstić information content (AvgIpc) is 2.82. The fourth-order valence-corrected chi connectivity index (χ4v) is 3.65. The highest BCUT2D eigenvalue weighted by molar-refractivity contribution is 5.85. The van der Waals surface area contributed by atoms with Crippen LogP contribution >= 0.6 is 0 Å². The zero-order chi connectivity index (χ0) is 22.5. The summed E-state index contributed by atoms with van der Waals surface area (Å²) in [5.74, 6) is 2.87. The normalized spacial score (nSPS) is 12.0. The Bertz CT molecular complexity index is 1180. The minimum atomic E-state index is -0.135. The molecule has 0 radical (unpaired) electrons. The number of ether oxygens (including phenoxy) is 3. The fourth-order valence-electron chi connectivity index (χ4n) is 3.65. The van der Waals surface area contributed by atoms with Gasteiger partial charge < -0.3 is 19.5 Å². The summed E-state index contributed by atoms with van der Waals surface area (Å²) in [4.78, 5) is 9.10. The van der Waals surface area contributed by atoms with Crippen LogP contribution in [0.25, 0.3) is 10.9 Å². The number of para-hydroxylation sites is 1. The fraction of sp³-hybridized carbons (Fsp3) is 0.231. The molecule has 0 spiro atoms. The van der Waals surface area contributed by atoms with E-state index in [2.05, 4.69) is 41.3 Å². The molecule has 1 atom stereocenters. The smallest absolute Gasteiger partial charge is 0.162 e. The monoisotopic (exact) mass is 429 g/mol. The Hall–Kier alpha value is -3.64. The van der Waals surface area contributed by atoms with Gasteiger partial charge in [0, 0.05) is 17.5 Å². The maximum absolute atomic E-state index is 5.95. The molecule has 0 aliphatic heterocycles.